The van der Waals surface area contributed by atoms with E-state index in [1.165, 1.54) is 13.2 Å². The van der Waals surface area contributed by atoms with Gasteiger partial charge in [-0.3, -0.25) is 4.79 Å². The van der Waals surface area contributed by atoms with Gasteiger partial charge in [-0.15, -0.1) is 0 Å². The molecule has 0 bridgehead atoms. The summed E-state index contributed by atoms with van der Waals surface area (Å²) >= 11 is 5.62. The van der Waals surface area contributed by atoms with Gasteiger partial charge < -0.3 is 19.2 Å². The number of sulfonamides is 1. The van der Waals surface area contributed by atoms with Crippen LogP contribution in [0, 0.1) is 5.92 Å². The summed E-state index contributed by atoms with van der Waals surface area (Å²) < 4.78 is 41.2. The number of thiocarbonyl (C=S) groups is 1. The fraction of sp³-hybridized carbons (Fsp3) is 0.375. The van der Waals surface area contributed by atoms with Gasteiger partial charge in [0.2, 0.25) is 10.0 Å². The van der Waals surface area contributed by atoms with Crippen molar-refractivity contribution in [3.63, 3.8) is 0 Å². The van der Waals surface area contributed by atoms with Crippen LogP contribution in [0.1, 0.15) is 31.2 Å². The molecule has 186 valence electrons. The highest BCUT2D eigenvalue weighted by Crippen LogP contribution is 2.45. The first-order valence-electron chi connectivity index (χ1n) is 11.3. The van der Waals surface area contributed by atoms with Gasteiger partial charge in [0.25, 0.3) is 0 Å². The second kappa shape index (κ2) is 10.3. The van der Waals surface area contributed by atoms with E-state index in [1.807, 2.05) is 28.9 Å². The van der Waals surface area contributed by atoms with E-state index < -0.39 is 28.1 Å². The van der Waals surface area contributed by atoms with Gasteiger partial charge in [-0.05, 0) is 43.5 Å². The van der Waals surface area contributed by atoms with E-state index in [0.717, 1.165) is 30.5 Å². The van der Waals surface area contributed by atoms with Crippen LogP contribution in [-0.2, 0) is 25.2 Å². The third-order valence-corrected chi connectivity index (χ3v) is 8.28. The molecule has 2 heterocycles. The maximum absolute atomic E-state index is 13.1. The number of rotatable bonds is 8. The molecule has 1 saturated carbocycles. The molecule has 4 rings (SSSR count). The van der Waals surface area contributed by atoms with Crippen LogP contribution in [0.25, 0.3) is 5.65 Å². The van der Waals surface area contributed by atoms with Crippen LogP contribution in [0.3, 0.4) is 0 Å². The third kappa shape index (κ3) is 5.02. The average Bonchev–Trinajstić information content (AvgIpc) is 3.35. The summed E-state index contributed by atoms with van der Waals surface area (Å²) in [6.45, 7) is -0.533. The molecule has 0 saturated heterocycles. The number of hydrogen-bond donors (Lipinski definition) is 2. The monoisotopic (exact) mass is 516 g/mol. The molecule has 2 unspecified atom stereocenters. The van der Waals surface area contributed by atoms with Crippen LogP contribution >= 0.6 is 12.2 Å². The largest absolute Gasteiger partial charge is 0.495 e. The van der Waals surface area contributed by atoms with Gasteiger partial charge in [0, 0.05) is 31.2 Å². The molecule has 0 radical (unpaired) electrons. The lowest BCUT2D eigenvalue weighted by Gasteiger charge is -2.44. The number of para-hydroxylation sites is 1. The van der Waals surface area contributed by atoms with Crippen LogP contribution in [0.5, 0.6) is 5.75 Å². The zero-order valence-electron chi connectivity index (χ0n) is 19.6. The minimum absolute atomic E-state index is 0.0533. The number of pyridine rings is 1. The number of benzene rings is 1. The molecule has 3 aromatic rings. The number of imidazole rings is 1. The third-order valence-electron chi connectivity index (χ3n) is 6.36. The second-order valence-electron chi connectivity index (χ2n) is 8.36. The van der Waals surface area contributed by atoms with Crippen molar-refractivity contribution >= 4 is 38.8 Å². The number of nitrogens with one attached hydrogen (secondary N) is 2. The first-order valence-corrected chi connectivity index (χ1v) is 13.2. The maximum atomic E-state index is 13.1. The summed E-state index contributed by atoms with van der Waals surface area (Å²) in [6, 6.07) is 9.97. The molecule has 1 aliphatic carbocycles. The first-order chi connectivity index (χ1) is 16.8. The average molecular weight is 517 g/mol. The number of nitrogens with zero attached hydrogens (tertiary/aromatic N) is 2. The van der Waals surface area contributed by atoms with Crippen LogP contribution in [0.4, 0.5) is 0 Å². The van der Waals surface area contributed by atoms with Gasteiger partial charge in [-0.1, -0.05) is 30.8 Å². The highest BCUT2D eigenvalue weighted by Gasteiger charge is 2.48. The fourth-order valence-corrected chi connectivity index (χ4v) is 6.11. The minimum Gasteiger partial charge on any atom is -0.495 e. The molecule has 11 heteroatoms. The second-order valence-corrected chi connectivity index (χ2v) is 10.5. The van der Waals surface area contributed by atoms with Crippen molar-refractivity contribution in [2.24, 2.45) is 5.92 Å². The number of methoxy groups -OCH3 is 1. The van der Waals surface area contributed by atoms with Crippen molar-refractivity contribution < 1.29 is 22.7 Å². The quantitative estimate of drug-likeness (QED) is 0.347. The Kier molecular flexibility index (Phi) is 7.39. The molecule has 1 aliphatic rings. The fourth-order valence-electron chi connectivity index (χ4n) is 4.67. The van der Waals surface area contributed by atoms with Crippen molar-refractivity contribution in [3.8, 4) is 5.75 Å². The van der Waals surface area contributed by atoms with Crippen molar-refractivity contribution in [1.82, 2.24) is 19.4 Å². The summed E-state index contributed by atoms with van der Waals surface area (Å²) in [4.78, 5) is 18.0. The van der Waals surface area contributed by atoms with Gasteiger partial charge in [0.15, 0.2) is 0 Å². The van der Waals surface area contributed by atoms with E-state index in [1.54, 1.807) is 31.4 Å². The van der Waals surface area contributed by atoms with Crippen molar-refractivity contribution in [2.75, 3.05) is 20.7 Å². The Balaban J connectivity index is 1.63. The maximum Gasteiger partial charge on any atom is 0.321 e. The van der Waals surface area contributed by atoms with E-state index in [0.29, 0.717) is 11.4 Å². The van der Waals surface area contributed by atoms with E-state index in [4.69, 9.17) is 21.7 Å². The topological polar surface area (TPSA) is 111 Å². The van der Waals surface area contributed by atoms with Crippen LogP contribution in [0.2, 0.25) is 0 Å². The highest BCUT2D eigenvalue weighted by molar-refractivity contribution is 7.89. The van der Waals surface area contributed by atoms with E-state index >= 15 is 0 Å². The zero-order valence-corrected chi connectivity index (χ0v) is 21.2. The molecule has 9 nitrogen and oxygen atoms in total. The normalized spacial score (nSPS) is 20.3. The summed E-state index contributed by atoms with van der Waals surface area (Å²) in [6.07, 6.45) is 8.49. The smallest absolute Gasteiger partial charge is 0.321 e. The number of ether oxygens (including phenoxy) is 2. The highest BCUT2D eigenvalue weighted by atomic mass is 32.2. The first kappa shape index (κ1) is 25.1. The van der Waals surface area contributed by atoms with Crippen LogP contribution in [0.15, 0.2) is 59.9 Å². The predicted molar refractivity (Wildman–Crippen MR) is 135 cm³/mol. The Morgan fingerprint density at radius 2 is 2.06 bits per heavy atom. The molecule has 35 heavy (non-hydrogen) atoms. The van der Waals surface area contributed by atoms with Gasteiger partial charge in [0.05, 0.1) is 18.0 Å². The SMILES string of the molecule is CNC(=S)C1CCCCC1(OC(=O)CNS(=O)(=O)c1ccccc1OC)c1ccc2nccn2c1. The number of fused-ring (bicyclic) bond motifs is 1. The zero-order chi connectivity index (χ0) is 25.1. The van der Waals surface area contributed by atoms with Crippen molar-refractivity contribution in [2.45, 2.75) is 36.2 Å². The van der Waals surface area contributed by atoms with Crippen LogP contribution < -0.4 is 14.8 Å². The Morgan fingerprint density at radius 3 is 2.83 bits per heavy atom. The Bertz CT molecular complexity index is 1340. The molecule has 2 atom stereocenters. The Morgan fingerprint density at radius 1 is 1.26 bits per heavy atom. The molecule has 1 fully saturated rings. The molecular formula is C24H28N4O5S2. The number of aromatic nitrogens is 2. The van der Waals surface area contributed by atoms with E-state index in [2.05, 4.69) is 15.0 Å². The number of carbonyl (C=O) groups is 1. The number of hydrogen-bond acceptors (Lipinski definition) is 7. The van der Waals surface area contributed by atoms with E-state index in [-0.39, 0.29) is 16.6 Å². The molecular weight excluding hydrogens is 488 g/mol. The number of carbonyl (C=O) groups excluding carboxylic acids is 1. The van der Waals surface area contributed by atoms with Crippen molar-refractivity contribution in [1.29, 1.82) is 0 Å². The summed E-state index contributed by atoms with van der Waals surface area (Å²) in [5.74, 6) is -0.766. The molecule has 2 aromatic heterocycles. The number of esters is 1. The van der Waals surface area contributed by atoms with Crippen LogP contribution in [-0.4, -0.2) is 49.5 Å². The van der Waals surface area contributed by atoms with Gasteiger partial charge in [-0.25, -0.2) is 13.4 Å². The van der Waals surface area contributed by atoms with Gasteiger partial charge in [-0.2, -0.15) is 4.72 Å². The summed E-state index contributed by atoms with van der Waals surface area (Å²) in [7, 11) is -0.865. The van der Waals surface area contributed by atoms with Gasteiger partial charge >= 0.3 is 5.97 Å². The molecule has 0 amide bonds. The lowest BCUT2D eigenvalue weighted by Crippen LogP contribution is -2.49. The predicted octanol–water partition coefficient (Wildman–Crippen LogP) is 2.80. The lowest BCUT2D eigenvalue weighted by molar-refractivity contribution is -0.167. The molecule has 0 spiro atoms. The van der Waals surface area contributed by atoms with E-state index in [9.17, 15) is 13.2 Å². The van der Waals surface area contributed by atoms with Crippen molar-refractivity contribution in [3.05, 3.63) is 60.6 Å². The minimum atomic E-state index is -4.01. The molecule has 0 aliphatic heterocycles. The molecule has 1 aromatic carbocycles. The van der Waals surface area contributed by atoms with Gasteiger partial charge in [0.1, 0.15) is 28.4 Å². The standard InChI is InChI=1S/C24H28N4O5S2/c1-25-23(34)18-7-5-6-12-24(18,17-10-11-21-26-13-14-28(21)16-17)33-22(29)15-27-35(30,31)20-9-4-3-8-19(20)32-2/h3-4,8-11,13-14,16,18,27H,5-7,12,15H2,1-2H3,(H,25,34). The Hall–Kier alpha value is -3.02. The summed E-state index contributed by atoms with van der Waals surface area (Å²) in [5.41, 5.74) is 0.513. The lowest BCUT2D eigenvalue weighted by atomic mass is 9.71. The summed E-state index contributed by atoms with van der Waals surface area (Å²) in [5, 5.41) is 3.05. The Labute approximate surface area is 209 Å². The molecule has 2 N–H and O–H groups in total.